The molecule has 0 atom stereocenters. The van der Waals surface area contributed by atoms with E-state index in [9.17, 15) is 4.79 Å². The van der Waals surface area contributed by atoms with Gasteiger partial charge in [-0.25, -0.2) is 0 Å². The highest BCUT2D eigenvalue weighted by atomic mass is 32.2. The summed E-state index contributed by atoms with van der Waals surface area (Å²) in [5.41, 5.74) is 11.9. The first-order chi connectivity index (χ1) is 9.18. The Morgan fingerprint density at radius 3 is 2.50 bits per heavy atom. The number of thioether (sulfide) groups is 1. The smallest absolute Gasteiger partial charge is 0.261 e. The van der Waals surface area contributed by atoms with Gasteiger partial charge in [0.1, 0.15) is 9.88 Å². The number of anilines is 2. The van der Waals surface area contributed by atoms with Crippen LogP contribution in [0.25, 0.3) is 0 Å². The molecule has 114 valence electrons. The third kappa shape index (κ3) is 4.29. The number of hydrogen-bond acceptors (Lipinski definition) is 6. The minimum absolute atomic E-state index is 0.116. The molecule has 20 heavy (non-hydrogen) atoms. The van der Waals surface area contributed by atoms with Crippen molar-refractivity contribution in [3.63, 3.8) is 0 Å². The van der Waals surface area contributed by atoms with E-state index >= 15 is 0 Å². The molecule has 5 nitrogen and oxygen atoms in total. The number of hydrogen-bond donors (Lipinski definition) is 3. The lowest BCUT2D eigenvalue weighted by Gasteiger charge is -2.28. The van der Waals surface area contributed by atoms with Crippen molar-refractivity contribution in [1.29, 1.82) is 0 Å². The van der Waals surface area contributed by atoms with Crippen molar-refractivity contribution in [3.05, 3.63) is 4.88 Å². The molecule has 0 aliphatic carbocycles. The zero-order valence-corrected chi connectivity index (χ0v) is 14.4. The molecule has 0 aliphatic rings. The first-order valence-corrected chi connectivity index (χ1v) is 8.36. The molecule has 1 aromatic rings. The topological polar surface area (TPSA) is 84.4 Å². The van der Waals surface area contributed by atoms with E-state index in [4.69, 9.17) is 11.5 Å². The Morgan fingerprint density at radius 1 is 1.45 bits per heavy atom. The SMILES string of the molecule is CSc1c(NCC(C)(C)CN(C)C)sc(C(N)=O)c1N. The second-order valence-corrected chi connectivity index (χ2v) is 7.66. The lowest BCUT2D eigenvalue weighted by atomic mass is 9.93. The molecule has 0 spiro atoms. The predicted molar refractivity (Wildman–Crippen MR) is 89.9 cm³/mol. The van der Waals surface area contributed by atoms with E-state index < -0.39 is 5.91 Å². The van der Waals surface area contributed by atoms with E-state index in [1.54, 1.807) is 0 Å². The van der Waals surface area contributed by atoms with Gasteiger partial charge in [0, 0.05) is 13.1 Å². The van der Waals surface area contributed by atoms with Gasteiger partial charge in [0.2, 0.25) is 0 Å². The number of rotatable bonds is 7. The normalized spacial score (nSPS) is 11.9. The van der Waals surface area contributed by atoms with Crippen LogP contribution >= 0.6 is 23.1 Å². The molecular formula is C13H24N4OS2. The van der Waals surface area contributed by atoms with Crippen LogP contribution in [0.3, 0.4) is 0 Å². The van der Waals surface area contributed by atoms with Gasteiger partial charge in [-0.15, -0.1) is 23.1 Å². The first-order valence-electron chi connectivity index (χ1n) is 6.32. The maximum absolute atomic E-state index is 11.4. The van der Waals surface area contributed by atoms with Crippen molar-refractivity contribution in [2.75, 3.05) is 44.5 Å². The molecule has 0 radical (unpaired) electrons. The highest BCUT2D eigenvalue weighted by Crippen LogP contribution is 2.41. The molecule has 1 rings (SSSR count). The first kappa shape index (κ1) is 17.1. The van der Waals surface area contributed by atoms with E-state index in [2.05, 4.69) is 38.2 Å². The molecule has 0 aliphatic heterocycles. The fourth-order valence-electron chi connectivity index (χ4n) is 2.16. The Morgan fingerprint density at radius 2 is 2.05 bits per heavy atom. The monoisotopic (exact) mass is 316 g/mol. The molecule has 0 unspecified atom stereocenters. The summed E-state index contributed by atoms with van der Waals surface area (Å²) in [5.74, 6) is -0.469. The Kier molecular flexibility index (Phi) is 5.73. The standard InChI is InChI=1S/C13H24N4OS2/c1-13(2,7-17(3)4)6-16-12-10(19-5)8(14)9(20-12)11(15)18/h16H,6-7,14H2,1-5H3,(H2,15,18). The van der Waals surface area contributed by atoms with Crippen LogP contribution in [0, 0.1) is 5.41 Å². The summed E-state index contributed by atoms with van der Waals surface area (Å²) in [4.78, 5) is 14.9. The number of nitrogens with zero attached hydrogens (tertiary/aromatic N) is 1. The largest absolute Gasteiger partial charge is 0.396 e. The summed E-state index contributed by atoms with van der Waals surface area (Å²) in [6.07, 6.45) is 1.94. The van der Waals surface area contributed by atoms with Gasteiger partial charge in [-0.2, -0.15) is 0 Å². The third-order valence-corrected chi connectivity index (χ3v) is 4.94. The average Bonchev–Trinajstić information content (AvgIpc) is 2.61. The second kappa shape index (κ2) is 6.69. The molecule has 1 amide bonds. The molecule has 1 heterocycles. The van der Waals surface area contributed by atoms with Crippen LogP contribution in [0.2, 0.25) is 0 Å². The summed E-state index contributed by atoms with van der Waals surface area (Å²) in [6, 6.07) is 0. The zero-order chi connectivity index (χ0) is 15.5. The fourth-order valence-corrected chi connectivity index (χ4v) is 4.05. The van der Waals surface area contributed by atoms with Crippen LogP contribution in [0.15, 0.2) is 4.90 Å². The molecule has 1 aromatic heterocycles. The third-order valence-electron chi connectivity index (χ3n) is 2.80. The van der Waals surface area contributed by atoms with E-state index in [0.29, 0.717) is 10.6 Å². The number of nitrogens with two attached hydrogens (primary N) is 2. The van der Waals surface area contributed by atoms with E-state index in [0.717, 1.165) is 23.0 Å². The molecule has 0 bridgehead atoms. The molecular weight excluding hydrogens is 292 g/mol. The van der Waals surface area contributed by atoms with Gasteiger partial charge in [0.05, 0.1) is 10.6 Å². The lowest BCUT2D eigenvalue weighted by Crippen LogP contribution is -2.34. The molecule has 0 saturated heterocycles. The van der Waals surface area contributed by atoms with E-state index in [1.807, 2.05) is 6.26 Å². The average molecular weight is 316 g/mol. The second-order valence-electron chi connectivity index (χ2n) is 5.83. The van der Waals surface area contributed by atoms with Crippen molar-refractivity contribution in [1.82, 2.24) is 4.90 Å². The van der Waals surface area contributed by atoms with E-state index in [-0.39, 0.29) is 5.41 Å². The summed E-state index contributed by atoms with van der Waals surface area (Å²) < 4.78 is 0. The van der Waals surface area contributed by atoms with Gasteiger partial charge < -0.3 is 21.7 Å². The van der Waals surface area contributed by atoms with Crippen molar-refractivity contribution in [2.24, 2.45) is 11.1 Å². The summed E-state index contributed by atoms with van der Waals surface area (Å²) in [6.45, 7) is 6.17. The fraction of sp³-hybridized carbons (Fsp3) is 0.615. The lowest BCUT2D eigenvalue weighted by molar-refractivity contribution is 0.100. The number of nitrogen functional groups attached to an aromatic ring is 1. The highest BCUT2D eigenvalue weighted by molar-refractivity contribution is 7.99. The van der Waals surface area contributed by atoms with Gasteiger partial charge in [-0.3, -0.25) is 4.79 Å². The van der Waals surface area contributed by atoms with Crippen LogP contribution < -0.4 is 16.8 Å². The molecule has 0 saturated carbocycles. The minimum Gasteiger partial charge on any atom is -0.396 e. The van der Waals surface area contributed by atoms with Gasteiger partial charge in [-0.05, 0) is 25.8 Å². The number of carbonyl (C=O) groups is 1. The van der Waals surface area contributed by atoms with Crippen LogP contribution in [0.1, 0.15) is 23.5 Å². The van der Waals surface area contributed by atoms with Crippen LogP contribution in [0.5, 0.6) is 0 Å². The number of thiophene rings is 1. The van der Waals surface area contributed by atoms with Crippen LogP contribution in [-0.4, -0.2) is 44.2 Å². The molecule has 0 fully saturated rings. The zero-order valence-electron chi connectivity index (χ0n) is 12.7. The van der Waals surface area contributed by atoms with Crippen molar-refractivity contribution >= 4 is 39.7 Å². The van der Waals surface area contributed by atoms with Gasteiger partial charge in [0.25, 0.3) is 5.91 Å². The Bertz CT molecular complexity index is 483. The Balaban J connectivity index is 2.88. The summed E-state index contributed by atoms with van der Waals surface area (Å²) in [7, 11) is 4.12. The predicted octanol–water partition coefficient (Wildman–Crippen LogP) is 2.15. The number of carbonyl (C=O) groups excluding carboxylic acids is 1. The number of nitrogens with one attached hydrogen (secondary N) is 1. The Labute approximate surface area is 129 Å². The molecule has 5 N–H and O–H groups in total. The number of primary amides is 1. The maximum atomic E-state index is 11.4. The number of amides is 1. The maximum Gasteiger partial charge on any atom is 0.261 e. The van der Waals surface area contributed by atoms with Crippen molar-refractivity contribution in [2.45, 2.75) is 18.7 Å². The molecule has 7 heteroatoms. The summed E-state index contributed by atoms with van der Waals surface area (Å²) in [5, 5.41) is 4.34. The van der Waals surface area contributed by atoms with Gasteiger partial charge in [0.15, 0.2) is 0 Å². The van der Waals surface area contributed by atoms with Gasteiger partial charge in [-0.1, -0.05) is 13.8 Å². The van der Waals surface area contributed by atoms with Crippen molar-refractivity contribution in [3.8, 4) is 0 Å². The highest BCUT2D eigenvalue weighted by Gasteiger charge is 2.22. The Hall–Kier alpha value is -0.920. The van der Waals surface area contributed by atoms with Gasteiger partial charge >= 0.3 is 0 Å². The summed E-state index contributed by atoms with van der Waals surface area (Å²) >= 11 is 2.86. The van der Waals surface area contributed by atoms with Crippen LogP contribution in [0.4, 0.5) is 10.7 Å². The molecule has 0 aromatic carbocycles. The minimum atomic E-state index is -0.469. The van der Waals surface area contributed by atoms with Crippen molar-refractivity contribution < 1.29 is 4.79 Å². The quantitative estimate of drug-likeness (QED) is 0.671. The van der Waals surface area contributed by atoms with E-state index in [1.165, 1.54) is 23.1 Å². The van der Waals surface area contributed by atoms with Crippen LogP contribution in [-0.2, 0) is 0 Å².